The molecule has 3 aromatic rings. The summed E-state index contributed by atoms with van der Waals surface area (Å²) >= 11 is 0. The van der Waals surface area contributed by atoms with Crippen molar-refractivity contribution in [3.8, 4) is 11.5 Å². The largest absolute Gasteiger partial charge is 0.507 e. The van der Waals surface area contributed by atoms with Gasteiger partial charge in [0.05, 0.1) is 31.4 Å². The highest BCUT2D eigenvalue weighted by molar-refractivity contribution is 6.46. The minimum atomic E-state index is -0.778. The molecule has 0 bridgehead atoms. The van der Waals surface area contributed by atoms with Crippen molar-refractivity contribution in [3.63, 3.8) is 0 Å². The summed E-state index contributed by atoms with van der Waals surface area (Å²) in [7, 11) is 0. The zero-order valence-corrected chi connectivity index (χ0v) is 23.5. The summed E-state index contributed by atoms with van der Waals surface area (Å²) < 4.78 is 17.5. The molecule has 214 valence electrons. The van der Waals surface area contributed by atoms with Crippen LogP contribution in [0.1, 0.15) is 35.2 Å². The maximum Gasteiger partial charge on any atom is 0.295 e. The van der Waals surface area contributed by atoms with Crippen LogP contribution >= 0.6 is 0 Å². The normalized spacial score (nSPS) is 19.0. The lowest BCUT2D eigenvalue weighted by molar-refractivity contribution is -0.140. The van der Waals surface area contributed by atoms with Crippen LogP contribution in [-0.4, -0.2) is 72.6 Å². The summed E-state index contributed by atoms with van der Waals surface area (Å²) in [5.74, 6) is -0.445. The average Bonchev–Trinajstić information content (AvgIpc) is 3.25. The smallest absolute Gasteiger partial charge is 0.295 e. The van der Waals surface area contributed by atoms with Crippen LogP contribution in [0.15, 0.2) is 78.4 Å². The van der Waals surface area contributed by atoms with Crippen LogP contribution in [0.4, 0.5) is 0 Å². The molecule has 0 spiro atoms. The number of aryl methyl sites for hydroxylation is 1. The number of aliphatic hydroxyl groups is 1. The Labute approximate surface area is 240 Å². The third kappa shape index (κ3) is 6.45. The molecular formula is C33H36N2O6. The zero-order valence-electron chi connectivity index (χ0n) is 23.5. The van der Waals surface area contributed by atoms with Crippen molar-refractivity contribution in [2.75, 3.05) is 46.0 Å². The van der Waals surface area contributed by atoms with Gasteiger partial charge in [-0.25, -0.2) is 0 Å². The summed E-state index contributed by atoms with van der Waals surface area (Å²) in [5.41, 5.74) is 3.27. The summed E-state index contributed by atoms with van der Waals surface area (Å²) in [6.07, 6.45) is 0. The van der Waals surface area contributed by atoms with Crippen molar-refractivity contribution in [1.82, 2.24) is 9.80 Å². The van der Waals surface area contributed by atoms with Crippen LogP contribution in [-0.2, 0) is 20.9 Å². The van der Waals surface area contributed by atoms with E-state index in [0.29, 0.717) is 62.1 Å². The number of carbonyl (C=O) groups excluding carboxylic acids is 2. The first-order valence-electron chi connectivity index (χ1n) is 14.0. The number of carbonyl (C=O) groups is 2. The molecule has 0 aromatic heterocycles. The number of Topliss-reactive ketones (excluding diaryl/α,β-unsaturated/α-hetero) is 1. The fourth-order valence-corrected chi connectivity index (χ4v) is 5.22. The fraction of sp³-hybridized carbons (Fsp3) is 0.333. The van der Waals surface area contributed by atoms with E-state index in [2.05, 4.69) is 4.90 Å². The van der Waals surface area contributed by atoms with Gasteiger partial charge in [-0.15, -0.1) is 0 Å². The molecule has 3 aromatic carbocycles. The molecular weight excluding hydrogens is 520 g/mol. The van der Waals surface area contributed by atoms with Crippen LogP contribution in [0.3, 0.4) is 0 Å². The van der Waals surface area contributed by atoms with Gasteiger partial charge < -0.3 is 24.2 Å². The van der Waals surface area contributed by atoms with E-state index >= 15 is 0 Å². The predicted octanol–water partition coefficient (Wildman–Crippen LogP) is 4.73. The number of ether oxygens (including phenoxy) is 3. The van der Waals surface area contributed by atoms with Crippen LogP contribution < -0.4 is 9.47 Å². The lowest BCUT2D eigenvalue weighted by atomic mass is 9.94. The minimum Gasteiger partial charge on any atom is -0.507 e. The van der Waals surface area contributed by atoms with Crippen LogP contribution in [0.2, 0.25) is 0 Å². The maximum absolute atomic E-state index is 13.5. The lowest BCUT2D eigenvalue weighted by Gasteiger charge is -2.31. The first-order valence-corrected chi connectivity index (χ1v) is 14.0. The number of likely N-dealkylation sites (tertiary alicyclic amines) is 1. The van der Waals surface area contributed by atoms with E-state index in [0.717, 1.165) is 24.2 Å². The van der Waals surface area contributed by atoms with E-state index < -0.39 is 17.7 Å². The highest BCUT2D eigenvalue weighted by Gasteiger charge is 2.46. The van der Waals surface area contributed by atoms with Gasteiger partial charge in [0.1, 0.15) is 12.4 Å². The number of morpholine rings is 1. The van der Waals surface area contributed by atoms with Crippen LogP contribution in [0.25, 0.3) is 5.76 Å². The molecule has 1 N–H and O–H groups in total. The summed E-state index contributed by atoms with van der Waals surface area (Å²) in [5, 5.41) is 11.4. The summed E-state index contributed by atoms with van der Waals surface area (Å²) in [4.78, 5) is 30.7. The molecule has 0 aliphatic carbocycles. The molecule has 8 nitrogen and oxygen atoms in total. The Morgan fingerprint density at radius 3 is 2.37 bits per heavy atom. The molecule has 5 rings (SSSR count). The van der Waals surface area contributed by atoms with E-state index in [-0.39, 0.29) is 11.3 Å². The van der Waals surface area contributed by atoms with E-state index in [9.17, 15) is 14.7 Å². The fourth-order valence-electron chi connectivity index (χ4n) is 5.22. The molecule has 8 heteroatoms. The summed E-state index contributed by atoms with van der Waals surface area (Å²) in [6.45, 7) is 8.33. The number of rotatable bonds is 10. The average molecular weight is 557 g/mol. The molecule has 0 radical (unpaired) electrons. The van der Waals surface area contributed by atoms with Gasteiger partial charge in [0.2, 0.25) is 0 Å². The molecule has 0 saturated carbocycles. The monoisotopic (exact) mass is 556 g/mol. The van der Waals surface area contributed by atoms with Crippen molar-refractivity contribution >= 4 is 17.4 Å². The number of hydrogen-bond donors (Lipinski definition) is 1. The van der Waals surface area contributed by atoms with Gasteiger partial charge in [0, 0.05) is 31.7 Å². The Morgan fingerprint density at radius 2 is 1.66 bits per heavy atom. The number of aliphatic hydroxyl groups excluding tert-OH is 1. The lowest BCUT2D eigenvalue weighted by Crippen LogP contribution is -2.42. The third-order valence-corrected chi connectivity index (χ3v) is 7.45. The second-order valence-electron chi connectivity index (χ2n) is 10.2. The molecule has 1 atom stereocenters. The van der Waals surface area contributed by atoms with Crippen molar-refractivity contribution < 1.29 is 28.9 Å². The number of nitrogens with zero attached hydrogens (tertiary/aromatic N) is 2. The Bertz CT molecular complexity index is 1400. The second-order valence-corrected chi connectivity index (χ2v) is 10.2. The maximum atomic E-state index is 13.5. The Hall–Kier alpha value is -4.14. The number of ketones is 1. The van der Waals surface area contributed by atoms with E-state index in [1.165, 1.54) is 0 Å². The number of hydrogen-bond acceptors (Lipinski definition) is 7. The van der Waals surface area contributed by atoms with Gasteiger partial charge in [-0.2, -0.15) is 0 Å². The second kappa shape index (κ2) is 13.0. The Balaban J connectivity index is 1.52. The molecule has 1 unspecified atom stereocenters. The van der Waals surface area contributed by atoms with Crippen molar-refractivity contribution in [2.24, 2.45) is 0 Å². The topological polar surface area (TPSA) is 88.5 Å². The van der Waals surface area contributed by atoms with Crippen molar-refractivity contribution in [2.45, 2.75) is 26.5 Å². The Kier molecular flexibility index (Phi) is 9.01. The van der Waals surface area contributed by atoms with E-state index in [1.807, 2.05) is 68.4 Å². The van der Waals surface area contributed by atoms with Crippen molar-refractivity contribution in [1.29, 1.82) is 0 Å². The third-order valence-electron chi connectivity index (χ3n) is 7.45. The molecule has 2 saturated heterocycles. The first kappa shape index (κ1) is 28.4. The zero-order chi connectivity index (χ0) is 28.8. The standard InChI is InChI=1S/C33H36N2O6/c1-3-40-28-21-26(13-14-27(28)41-22-24-7-5-4-6-8-24)30-29(31(36)25-11-9-23(2)10-12-25)32(37)33(38)35(30)16-15-34-17-19-39-20-18-34/h4-14,21,30,36H,3,15-20,22H2,1-2H3/b31-29+. The molecule has 2 fully saturated rings. The SMILES string of the molecule is CCOc1cc(C2/C(=C(\O)c3ccc(C)cc3)C(=O)C(=O)N2CCN2CCOCC2)ccc1OCc1ccccc1. The molecule has 1 amide bonds. The Morgan fingerprint density at radius 1 is 0.927 bits per heavy atom. The van der Waals surface area contributed by atoms with Gasteiger partial charge in [0.15, 0.2) is 11.5 Å². The van der Waals surface area contributed by atoms with Crippen molar-refractivity contribution in [3.05, 3.63) is 101 Å². The summed E-state index contributed by atoms with van der Waals surface area (Å²) in [6, 6.07) is 21.8. The van der Waals surface area contributed by atoms with Gasteiger partial charge in [0.25, 0.3) is 11.7 Å². The molecule has 41 heavy (non-hydrogen) atoms. The van der Waals surface area contributed by atoms with E-state index in [4.69, 9.17) is 14.2 Å². The highest BCUT2D eigenvalue weighted by atomic mass is 16.5. The number of benzene rings is 3. The predicted molar refractivity (Wildman–Crippen MR) is 156 cm³/mol. The van der Waals surface area contributed by atoms with Gasteiger partial charge >= 0.3 is 0 Å². The molecule has 2 aliphatic heterocycles. The van der Waals surface area contributed by atoms with Crippen LogP contribution in [0, 0.1) is 6.92 Å². The van der Waals surface area contributed by atoms with Gasteiger partial charge in [-0.05, 0) is 37.1 Å². The minimum absolute atomic E-state index is 0.0706. The molecule has 2 heterocycles. The van der Waals surface area contributed by atoms with Gasteiger partial charge in [-0.1, -0.05) is 66.2 Å². The van der Waals surface area contributed by atoms with Crippen LogP contribution in [0.5, 0.6) is 11.5 Å². The molecule has 2 aliphatic rings. The first-order chi connectivity index (χ1) is 20.0. The quantitative estimate of drug-likeness (QED) is 0.220. The van der Waals surface area contributed by atoms with Gasteiger partial charge in [-0.3, -0.25) is 14.5 Å². The van der Waals surface area contributed by atoms with E-state index in [1.54, 1.807) is 23.1 Å². The number of amides is 1. The highest BCUT2D eigenvalue weighted by Crippen LogP contribution is 2.42.